The Hall–Kier alpha value is -3.06. The number of hydrogen-bond donors (Lipinski definition) is 0. The number of nitrogens with zero attached hydrogens (tertiary/aromatic N) is 3. The van der Waals surface area contributed by atoms with E-state index in [1.165, 1.54) is 0 Å². The van der Waals surface area contributed by atoms with E-state index in [0.29, 0.717) is 50.0 Å². The van der Waals surface area contributed by atoms with Gasteiger partial charge < -0.3 is 19.4 Å². The Morgan fingerprint density at radius 1 is 1.03 bits per heavy atom. The zero-order chi connectivity index (χ0) is 27.0. The highest BCUT2D eigenvalue weighted by molar-refractivity contribution is 6.30. The molecule has 0 radical (unpaired) electrons. The number of ether oxygens (including phenoxy) is 1. The van der Waals surface area contributed by atoms with Crippen LogP contribution in [-0.4, -0.2) is 72.3 Å². The Morgan fingerprint density at radius 3 is 2.63 bits per heavy atom. The smallest absolute Gasteiger partial charge is 0.242 e. The normalized spacial score (nSPS) is 20.1. The van der Waals surface area contributed by atoms with Crippen molar-refractivity contribution in [1.29, 1.82) is 0 Å². The first kappa shape index (κ1) is 28.0. The summed E-state index contributed by atoms with van der Waals surface area (Å²) in [5, 5.41) is 0.581. The van der Waals surface area contributed by atoms with Gasteiger partial charge in [0.05, 0.1) is 13.2 Å². The molecule has 7 nitrogen and oxygen atoms in total. The van der Waals surface area contributed by atoms with Gasteiger partial charge in [0.2, 0.25) is 17.7 Å². The van der Waals surface area contributed by atoms with Crippen LogP contribution in [0.25, 0.3) is 0 Å². The number of carbonyl (C=O) groups is 3. The number of amides is 3. The van der Waals surface area contributed by atoms with Crippen LogP contribution < -0.4 is 4.74 Å². The predicted octanol–water partition coefficient (Wildman–Crippen LogP) is 4.78. The zero-order valence-corrected chi connectivity index (χ0v) is 23.0. The molecule has 2 heterocycles. The van der Waals surface area contributed by atoms with Gasteiger partial charge in [0.25, 0.3) is 0 Å². The fourth-order valence-electron chi connectivity index (χ4n) is 5.40. The highest BCUT2D eigenvalue weighted by atomic mass is 35.5. The van der Waals surface area contributed by atoms with Gasteiger partial charge in [-0.2, -0.15) is 0 Å². The van der Waals surface area contributed by atoms with Crippen molar-refractivity contribution in [3.05, 3.63) is 65.2 Å². The monoisotopic (exact) mass is 539 g/mol. The van der Waals surface area contributed by atoms with Crippen molar-refractivity contribution in [1.82, 2.24) is 14.7 Å². The summed E-state index contributed by atoms with van der Waals surface area (Å²) >= 11 is 6.16. The van der Waals surface area contributed by atoms with Gasteiger partial charge in [-0.25, -0.2) is 0 Å². The molecule has 2 saturated heterocycles. The summed E-state index contributed by atoms with van der Waals surface area (Å²) in [6.45, 7) is 2.58. The van der Waals surface area contributed by atoms with Gasteiger partial charge in [-0.15, -0.1) is 0 Å². The molecule has 4 rings (SSSR count). The zero-order valence-electron chi connectivity index (χ0n) is 22.2. The van der Waals surface area contributed by atoms with Crippen LogP contribution in [0.4, 0.5) is 0 Å². The largest absolute Gasteiger partial charge is 0.493 e. The second kappa shape index (κ2) is 13.1. The quantitative estimate of drug-likeness (QED) is 0.460. The van der Waals surface area contributed by atoms with Gasteiger partial charge in [0.1, 0.15) is 5.75 Å². The lowest BCUT2D eigenvalue weighted by molar-refractivity contribution is -0.144. The molecular weight excluding hydrogens is 502 g/mol. The fourth-order valence-corrected chi connectivity index (χ4v) is 5.58. The number of halogens is 1. The summed E-state index contributed by atoms with van der Waals surface area (Å²) in [7, 11) is 1.82. The van der Waals surface area contributed by atoms with Gasteiger partial charge in [-0.05, 0) is 49.4 Å². The maximum atomic E-state index is 13.5. The lowest BCUT2D eigenvalue weighted by Gasteiger charge is -2.43. The van der Waals surface area contributed by atoms with Crippen LogP contribution in [0.15, 0.2) is 54.6 Å². The van der Waals surface area contributed by atoms with Crippen molar-refractivity contribution in [2.75, 3.05) is 39.8 Å². The highest BCUT2D eigenvalue weighted by Crippen LogP contribution is 2.36. The van der Waals surface area contributed by atoms with E-state index in [1.54, 1.807) is 21.9 Å². The SMILES string of the molecule is CN(Cc1ccccc1)C(=O)CC1(COc2cccc(Cl)c2)CCCN(C(=O)CN2CCCCCC2=O)C1. The molecule has 1 atom stereocenters. The second-order valence-electron chi connectivity index (χ2n) is 10.7. The predicted molar refractivity (Wildman–Crippen MR) is 148 cm³/mol. The molecular formula is C30H38ClN3O4. The summed E-state index contributed by atoms with van der Waals surface area (Å²) in [6.07, 6.45) is 5.15. The van der Waals surface area contributed by atoms with E-state index in [2.05, 4.69) is 0 Å². The third-order valence-corrected chi connectivity index (χ3v) is 7.80. The van der Waals surface area contributed by atoms with Crippen molar-refractivity contribution in [3.8, 4) is 5.75 Å². The van der Waals surface area contributed by atoms with Crippen molar-refractivity contribution < 1.29 is 19.1 Å². The molecule has 2 aliphatic rings. The first-order valence-corrected chi connectivity index (χ1v) is 13.9. The summed E-state index contributed by atoms with van der Waals surface area (Å²) in [6, 6.07) is 17.1. The number of carbonyl (C=O) groups excluding carboxylic acids is 3. The van der Waals surface area contributed by atoms with Crippen LogP contribution >= 0.6 is 11.6 Å². The van der Waals surface area contributed by atoms with E-state index < -0.39 is 5.41 Å². The van der Waals surface area contributed by atoms with E-state index in [-0.39, 0.29) is 30.7 Å². The molecule has 8 heteroatoms. The minimum atomic E-state index is -0.541. The standard InChI is InChI=1S/C30H38ClN3O4/c1-32(20-24-10-4-2-5-11-24)28(36)19-30(23-38-26-13-8-12-25(31)18-26)15-9-17-34(22-30)29(37)21-33-16-7-3-6-14-27(33)35/h2,4-5,8,10-13,18H,3,6-7,9,14-17,19-23H2,1H3. The van der Waals surface area contributed by atoms with Crippen LogP contribution in [-0.2, 0) is 20.9 Å². The summed E-state index contributed by atoms with van der Waals surface area (Å²) in [5.74, 6) is 0.652. The van der Waals surface area contributed by atoms with E-state index in [4.69, 9.17) is 16.3 Å². The summed E-state index contributed by atoms with van der Waals surface area (Å²) in [5.41, 5.74) is 0.524. The number of hydrogen-bond acceptors (Lipinski definition) is 4. The first-order chi connectivity index (χ1) is 18.3. The van der Waals surface area contributed by atoms with E-state index in [1.807, 2.05) is 54.4 Å². The third kappa shape index (κ3) is 7.73. The molecule has 0 bridgehead atoms. The average Bonchev–Trinajstić information content (AvgIpc) is 3.12. The minimum Gasteiger partial charge on any atom is -0.493 e. The lowest BCUT2D eigenvalue weighted by Crippen LogP contribution is -2.53. The third-order valence-electron chi connectivity index (χ3n) is 7.57. The molecule has 0 aliphatic carbocycles. The maximum absolute atomic E-state index is 13.5. The topological polar surface area (TPSA) is 70.2 Å². The molecule has 204 valence electrons. The van der Waals surface area contributed by atoms with Crippen LogP contribution in [0.2, 0.25) is 5.02 Å². The minimum absolute atomic E-state index is 0.0144. The maximum Gasteiger partial charge on any atom is 0.242 e. The first-order valence-electron chi connectivity index (χ1n) is 13.6. The van der Waals surface area contributed by atoms with Gasteiger partial charge >= 0.3 is 0 Å². The Balaban J connectivity index is 1.47. The molecule has 0 aromatic heterocycles. The fraction of sp³-hybridized carbons (Fsp3) is 0.500. The van der Waals surface area contributed by atoms with Crippen molar-refractivity contribution >= 4 is 29.3 Å². The van der Waals surface area contributed by atoms with Crippen LogP contribution in [0.1, 0.15) is 50.5 Å². The van der Waals surface area contributed by atoms with E-state index >= 15 is 0 Å². The summed E-state index contributed by atoms with van der Waals surface area (Å²) < 4.78 is 6.18. The average molecular weight is 540 g/mol. The molecule has 38 heavy (non-hydrogen) atoms. The van der Waals surface area contributed by atoms with Gasteiger partial charge in [0, 0.05) is 56.5 Å². The van der Waals surface area contributed by atoms with Gasteiger partial charge in [0.15, 0.2) is 0 Å². The van der Waals surface area contributed by atoms with Crippen LogP contribution in [0.3, 0.4) is 0 Å². The number of likely N-dealkylation sites (tertiary alicyclic amines) is 2. The molecule has 1 unspecified atom stereocenters. The molecule has 0 saturated carbocycles. The number of rotatable bonds is 9. The van der Waals surface area contributed by atoms with Crippen molar-refractivity contribution in [2.24, 2.45) is 5.41 Å². The lowest BCUT2D eigenvalue weighted by atomic mass is 9.77. The molecule has 0 spiro atoms. The molecule has 2 aromatic rings. The number of piperidine rings is 1. The Kier molecular flexibility index (Phi) is 9.67. The van der Waals surface area contributed by atoms with Gasteiger partial charge in [-0.1, -0.05) is 54.4 Å². The Labute approximate surface area is 230 Å². The van der Waals surface area contributed by atoms with Crippen molar-refractivity contribution in [3.63, 3.8) is 0 Å². The van der Waals surface area contributed by atoms with E-state index in [9.17, 15) is 14.4 Å². The van der Waals surface area contributed by atoms with E-state index in [0.717, 1.165) is 37.7 Å². The second-order valence-corrected chi connectivity index (χ2v) is 11.1. The summed E-state index contributed by atoms with van der Waals surface area (Å²) in [4.78, 5) is 44.6. The molecule has 2 aliphatic heterocycles. The molecule has 3 amide bonds. The van der Waals surface area contributed by atoms with Crippen molar-refractivity contribution in [2.45, 2.75) is 51.5 Å². The number of benzene rings is 2. The Bertz CT molecular complexity index is 1110. The molecule has 2 fully saturated rings. The van der Waals surface area contributed by atoms with Crippen LogP contribution in [0, 0.1) is 5.41 Å². The van der Waals surface area contributed by atoms with Gasteiger partial charge in [-0.3, -0.25) is 14.4 Å². The highest BCUT2D eigenvalue weighted by Gasteiger charge is 2.41. The molecule has 0 N–H and O–H groups in total. The van der Waals surface area contributed by atoms with Crippen LogP contribution in [0.5, 0.6) is 5.75 Å². The molecule has 2 aromatic carbocycles. The Morgan fingerprint density at radius 2 is 1.84 bits per heavy atom.